The summed E-state index contributed by atoms with van der Waals surface area (Å²) in [5.41, 5.74) is 10.1. The van der Waals surface area contributed by atoms with E-state index in [1.54, 1.807) is 17.9 Å². The third-order valence-electron chi connectivity index (χ3n) is 6.91. The van der Waals surface area contributed by atoms with Gasteiger partial charge in [0.05, 0.1) is 23.3 Å². The van der Waals surface area contributed by atoms with E-state index in [0.717, 1.165) is 17.7 Å². The van der Waals surface area contributed by atoms with Crippen LogP contribution in [0.1, 0.15) is 56.4 Å². The number of hydrogen-bond donors (Lipinski definition) is 2. The van der Waals surface area contributed by atoms with Crippen LogP contribution < -0.4 is 16.0 Å². The lowest BCUT2D eigenvalue weighted by Crippen LogP contribution is -2.42. The molecule has 1 aromatic carbocycles. The molecule has 0 radical (unpaired) electrons. The fourth-order valence-corrected chi connectivity index (χ4v) is 6.77. The maximum atomic E-state index is 13.7. The quantitative estimate of drug-likeness (QED) is 0.365. The van der Waals surface area contributed by atoms with E-state index >= 15 is 0 Å². The molecule has 3 aromatic rings. The number of aryl methyl sites for hydroxylation is 2. The first kappa shape index (κ1) is 27.6. The van der Waals surface area contributed by atoms with Crippen molar-refractivity contribution in [1.82, 2.24) is 15.4 Å². The molecule has 1 atom stereocenters. The number of nitrogens with zero attached hydrogens (tertiary/aromatic N) is 5. The van der Waals surface area contributed by atoms with Crippen LogP contribution in [0.15, 0.2) is 61.9 Å². The minimum absolute atomic E-state index is 0.0000502. The molecule has 2 aromatic heterocycles. The predicted octanol–water partition coefficient (Wildman–Crippen LogP) is 5.07. The van der Waals surface area contributed by atoms with Crippen molar-refractivity contribution >= 4 is 45.7 Å². The first-order valence-corrected chi connectivity index (χ1v) is 14.6. The molecular weight excluding hydrogens is 546 g/mol. The van der Waals surface area contributed by atoms with Crippen LogP contribution in [0.5, 0.6) is 0 Å². The van der Waals surface area contributed by atoms with Crippen LogP contribution in [-0.2, 0) is 16.0 Å². The molecule has 1 unspecified atom stereocenters. The molecule has 3 heterocycles. The number of rotatable bonds is 7. The monoisotopic (exact) mass is 575 g/mol. The van der Waals surface area contributed by atoms with Gasteiger partial charge in [-0.2, -0.15) is 5.26 Å². The van der Waals surface area contributed by atoms with E-state index in [9.17, 15) is 14.9 Å². The number of benzene rings is 1. The van der Waals surface area contributed by atoms with Crippen molar-refractivity contribution in [1.29, 1.82) is 5.26 Å². The van der Waals surface area contributed by atoms with Crippen LogP contribution in [0.3, 0.4) is 0 Å². The SMILES string of the molecule is CCc1ccc(C2C(C#N)=C(N)N(c3nnc(SCC(=O)Nc4cc(C)on4)s3)C3=C2C(=O)CC(C)(C)C3)cc1. The number of aromatic nitrogens is 3. The molecule has 206 valence electrons. The predicted molar refractivity (Wildman–Crippen MR) is 153 cm³/mol. The second-order valence-electron chi connectivity index (χ2n) is 10.6. The highest BCUT2D eigenvalue weighted by Gasteiger charge is 2.45. The molecule has 3 N–H and O–H groups in total. The molecule has 1 aliphatic heterocycles. The van der Waals surface area contributed by atoms with Crippen molar-refractivity contribution in [3.8, 4) is 6.07 Å². The van der Waals surface area contributed by atoms with Gasteiger partial charge in [0.1, 0.15) is 11.6 Å². The summed E-state index contributed by atoms with van der Waals surface area (Å²) in [6, 6.07) is 11.9. The number of Topliss-reactive ketones (excluding diaryl/α,β-unsaturated/α-hetero) is 1. The number of ketones is 1. The second-order valence-corrected chi connectivity index (χ2v) is 12.8. The van der Waals surface area contributed by atoms with Crippen LogP contribution in [0.25, 0.3) is 0 Å². The number of carbonyl (C=O) groups is 2. The summed E-state index contributed by atoms with van der Waals surface area (Å²) in [5.74, 6) is 0.461. The summed E-state index contributed by atoms with van der Waals surface area (Å²) >= 11 is 2.47. The van der Waals surface area contributed by atoms with Gasteiger partial charge in [0, 0.05) is 23.8 Å². The average molecular weight is 576 g/mol. The van der Waals surface area contributed by atoms with Crippen molar-refractivity contribution in [2.24, 2.45) is 11.1 Å². The largest absolute Gasteiger partial charge is 0.384 e. The Morgan fingerprint density at radius 1 is 1.30 bits per heavy atom. The Labute approximate surface area is 240 Å². The number of anilines is 2. The second kappa shape index (κ2) is 10.9. The number of hydrogen-bond acceptors (Lipinski definition) is 11. The Balaban J connectivity index is 1.48. The van der Waals surface area contributed by atoms with E-state index in [1.807, 2.05) is 38.1 Å². The van der Waals surface area contributed by atoms with Gasteiger partial charge in [-0.05, 0) is 36.3 Å². The van der Waals surface area contributed by atoms with E-state index in [4.69, 9.17) is 10.3 Å². The summed E-state index contributed by atoms with van der Waals surface area (Å²) in [5, 5.41) is 25.8. The lowest BCUT2D eigenvalue weighted by molar-refractivity contribution is -0.118. The summed E-state index contributed by atoms with van der Waals surface area (Å²) in [6.45, 7) is 7.92. The number of nitrogens with one attached hydrogen (secondary N) is 1. The Morgan fingerprint density at radius 3 is 2.70 bits per heavy atom. The zero-order valence-electron chi connectivity index (χ0n) is 22.6. The average Bonchev–Trinajstić information content (AvgIpc) is 3.54. The molecule has 0 fully saturated rings. The van der Waals surface area contributed by atoms with Gasteiger partial charge >= 0.3 is 0 Å². The molecule has 10 nitrogen and oxygen atoms in total. The summed E-state index contributed by atoms with van der Waals surface area (Å²) < 4.78 is 5.52. The fourth-order valence-electron chi connectivity index (χ4n) is 5.09. The maximum Gasteiger partial charge on any atom is 0.236 e. The highest BCUT2D eigenvalue weighted by Crippen LogP contribution is 2.50. The van der Waals surface area contributed by atoms with Gasteiger partial charge in [-0.25, -0.2) is 0 Å². The van der Waals surface area contributed by atoms with E-state index in [1.165, 1.54) is 28.7 Å². The third-order valence-corrected chi connectivity index (χ3v) is 8.95. The van der Waals surface area contributed by atoms with Gasteiger partial charge in [-0.3, -0.25) is 14.5 Å². The third kappa shape index (κ3) is 5.39. The van der Waals surface area contributed by atoms with Crippen LogP contribution in [0.2, 0.25) is 0 Å². The molecule has 5 rings (SSSR count). The summed E-state index contributed by atoms with van der Waals surface area (Å²) in [4.78, 5) is 27.8. The molecule has 0 saturated heterocycles. The Bertz CT molecular complexity index is 1580. The molecule has 2 aliphatic rings. The van der Waals surface area contributed by atoms with E-state index < -0.39 is 5.92 Å². The molecule has 0 bridgehead atoms. The summed E-state index contributed by atoms with van der Waals surface area (Å²) in [6.07, 6.45) is 1.85. The van der Waals surface area contributed by atoms with E-state index in [0.29, 0.717) is 45.0 Å². The Kier molecular flexibility index (Phi) is 7.53. The normalized spacial score (nSPS) is 18.5. The number of carbonyl (C=O) groups excluding carboxylic acids is 2. The first-order valence-electron chi connectivity index (χ1n) is 12.8. The number of allylic oxidation sites excluding steroid dienone is 3. The number of nitriles is 1. The topological polar surface area (TPSA) is 151 Å². The highest BCUT2D eigenvalue weighted by molar-refractivity contribution is 8.01. The fraction of sp³-hybridized carbons (Fsp3) is 0.357. The van der Waals surface area contributed by atoms with Crippen LogP contribution >= 0.6 is 23.1 Å². The lowest BCUT2D eigenvalue weighted by atomic mass is 9.68. The van der Waals surface area contributed by atoms with Gasteiger partial charge in [-0.1, -0.05) is 73.3 Å². The van der Waals surface area contributed by atoms with Gasteiger partial charge in [0.15, 0.2) is 15.9 Å². The summed E-state index contributed by atoms with van der Waals surface area (Å²) in [7, 11) is 0. The van der Waals surface area contributed by atoms with Crippen molar-refractivity contribution in [2.75, 3.05) is 16.0 Å². The molecule has 12 heteroatoms. The number of thioether (sulfide) groups is 1. The Hall–Kier alpha value is -3.95. The number of nitrogens with two attached hydrogens (primary N) is 1. The van der Waals surface area contributed by atoms with Crippen molar-refractivity contribution < 1.29 is 14.1 Å². The Morgan fingerprint density at radius 2 is 2.05 bits per heavy atom. The minimum Gasteiger partial charge on any atom is -0.384 e. The van der Waals surface area contributed by atoms with Crippen LogP contribution in [0, 0.1) is 23.7 Å². The lowest BCUT2D eigenvalue weighted by Gasteiger charge is -2.42. The maximum absolute atomic E-state index is 13.7. The van der Waals surface area contributed by atoms with E-state index in [-0.39, 0.29) is 28.7 Å². The van der Waals surface area contributed by atoms with Gasteiger partial charge < -0.3 is 15.6 Å². The zero-order chi connectivity index (χ0) is 28.6. The van der Waals surface area contributed by atoms with Gasteiger partial charge in [0.2, 0.25) is 11.0 Å². The molecule has 0 spiro atoms. The molecule has 0 saturated carbocycles. The molecular formula is C28H29N7O3S2. The van der Waals surface area contributed by atoms with Crippen molar-refractivity contribution in [2.45, 2.75) is 57.2 Å². The molecule has 1 amide bonds. The highest BCUT2D eigenvalue weighted by atomic mass is 32.2. The van der Waals surface area contributed by atoms with Crippen LogP contribution in [-0.4, -0.2) is 32.8 Å². The molecule has 1 aliphatic carbocycles. The van der Waals surface area contributed by atoms with Crippen LogP contribution in [0.4, 0.5) is 10.9 Å². The van der Waals surface area contributed by atoms with Gasteiger partial charge in [-0.15, -0.1) is 10.2 Å². The van der Waals surface area contributed by atoms with Crippen molar-refractivity contribution in [3.05, 3.63) is 69.9 Å². The van der Waals surface area contributed by atoms with Crippen molar-refractivity contribution in [3.63, 3.8) is 0 Å². The number of amides is 1. The standard InChI is InChI=1S/C28H29N7O3S2/c1-5-16-6-8-17(9-7-16)23-18(13-29)25(30)35(19-11-28(3,4)12-20(36)24(19)23)26-32-33-27(40-26)39-14-22(37)31-21-10-15(2)38-34-21/h6-10,23H,5,11-12,14,30H2,1-4H3,(H,31,34,37). The van der Waals surface area contributed by atoms with Gasteiger partial charge in [0.25, 0.3) is 0 Å². The smallest absolute Gasteiger partial charge is 0.236 e. The molecule has 40 heavy (non-hydrogen) atoms. The first-order chi connectivity index (χ1) is 19.1. The zero-order valence-corrected chi connectivity index (χ0v) is 24.3. The van der Waals surface area contributed by atoms with E-state index in [2.05, 4.69) is 33.7 Å². The minimum atomic E-state index is -0.545.